The van der Waals surface area contributed by atoms with Gasteiger partial charge in [-0.25, -0.2) is 4.98 Å². The molecule has 1 heterocycles. The maximum atomic E-state index is 12.0. The molecule has 0 saturated heterocycles. The van der Waals surface area contributed by atoms with Gasteiger partial charge in [-0.05, 0) is 0 Å². The van der Waals surface area contributed by atoms with Gasteiger partial charge in [0, 0.05) is 7.05 Å². The fourth-order valence-electron chi connectivity index (χ4n) is 0.904. The van der Waals surface area contributed by atoms with Crippen molar-refractivity contribution in [3.63, 3.8) is 0 Å². The molecule has 14 heavy (non-hydrogen) atoms. The van der Waals surface area contributed by atoms with Crippen LogP contribution in [0.1, 0.15) is 0 Å². The van der Waals surface area contributed by atoms with Gasteiger partial charge in [0.15, 0.2) is 0 Å². The average Bonchev–Trinajstić information content (AvgIpc) is 2.01. The summed E-state index contributed by atoms with van der Waals surface area (Å²) < 4.78 is 35.9. The molecule has 0 fully saturated rings. The number of nitrogens with two attached hydrogens (primary N) is 1. The smallest absolute Gasteiger partial charge is 0.382 e. The summed E-state index contributed by atoms with van der Waals surface area (Å²) in [6.45, 7) is -1.08. The van der Waals surface area contributed by atoms with Crippen LogP contribution in [0.2, 0.25) is 0 Å². The van der Waals surface area contributed by atoms with E-state index in [4.69, 9.17) is 5.73 Å². The Morgan fingerprint density at radius 3 is 2.57 bits per heavy atom. The van der Waals surface area contributed by atoms with Gasteiger partial charge in [-0.3, -0.25) is 4.98 Å². The summed E-state index contributed by atoms with van der Waals surface area (Å²) in [5.74, 6) is 0.193. The van der Waals surface area contributed by atoms with E-state index in [1.54, 1.807) is 0 Å². The fraction of sp³-hybridized carbons (Fsp3) is 0.429. The Balaban J connectivity index is 2.74. The molecule has 0 aliphatic heterocycles. The van der Waals surface area contributed by atoms with Gasteiger partial charge in [0.05, 0.1) is 12.4 Å². The number of hydrogen-bond acceptors (Lipinski definition) is 4. The van der Waals surface area contributed by atoms with Crippen LogP contribution in [0.15, 0.2) is 12.4 Å². The molecule has 0 aliphatic carbocycles. The third kappa shape index (κ3) is 3.08. The number of anilines is 2. The number of hydrogen-bond donors (Lipinski definition) is 1. The number of rotatable bonds is 2. The van der Waals surface area contributed by atoms with Gasteiger partial charge in [0.1, 0.15) is 18.2 Å². The first kappa shape index (κ1) is 10.6. The molecular weight excluding hydrogens is 197 g/mol. The van der Waals surface area contributed by atoms with Crippen LogP contribution in [0.3, 0.4) is 0 Å². The van der Waals surface area contributed by atoms with Crippen molar-refractivity contribution < 1.29 is 13.2 Å². The van der Waals surface area contributed by atoms with E-state index >= 15 is 0 Å². The standard InChI is InChI=1S/C7H9F3N4/c1-14(4-7(8,9)10)6-3-12-2-5(11)13-6/h2-3H,4H2,1H3,(H2,11,13). The molecule has 0 radical (unpaired) electrons. The number of halogens is 3. The van der Waals surface area contributed by atoms with Crippen molar-refractivity contribution in [3.05, 3.63) is 12.4 Å². The van der Waals surface area contributed by atoms with E-state index in [0.29, 0.717) is 0 Å². The van der Waals surface area contributed by atoms with Gasteiger partial charge >= 0.3 is 6.18 Å². The van der Waals surface area contributed by atoms with Crippen molar-refractivity contribution in [3.8, 4) is 0 Å². The van der Waals surface area contributed by atoms with E-state index < -0.39 is 12.7 Å². The lowest BCUT2D eigenvalue weighted by Gasteiger charge is -2.19. The van der Waals surface area contributed by atoms with Crippen LogP contribution in [-0.4, -0.2) is 29.7 Å². The summed E-state index contributed by atoms with van der Waals surface area (Å²) >= 11 is 0. The molecule has 2 N–H and O–H groups in total. The van der Waals surface area contributed by atoms with Crippen molar-refractivity contribution in [2.45, 2.75) is 6.18 Å². The first-order valence-corrected chi connectivity index (χ1v) is 3.74. The highest BCUT2D eigenvalue weighted by Crippen LogP contribution is 2.18. The summed E-state index contributed by atoms with van der Waals surface area (Å²) in [5, 5.41) is 0. The van der Waals surface area contributed by atoms with Crippen LogP contribution < -0.4 is 10.6 Å². The molecule has 0 bridgehead atoms. The van der Waals surface area contributed by atoms with Gasteiger partial charge in [0.2, 0.25) is 0 Å². The minimum absolute atomic E-state index is 0.0940. The van der Waals surface area contributed by atoms with Crippen LogP contribution in [-0.2, 0) is 0 Å². The van der Waals surface area contributed by atoms with Gasteiger partial charge < -0.3 is 10.6 Å². The average molecular weight is 206 g/mol. The summed E-state index contributed by atoms with van der Waals surface area (Å²) in [5.41, 5.74) is 5.28. The molecule has 1 aromatic rings. The highest BCUT2D eigenvalue weighted by Gasteiger charge is 2.29. The topological polar surface area (TPSA) is 55.0 Å². The maximum absolute atomic E-state index is 12.0. The molecule has 1 rings (SSSR count). The van der Waals surface area contributed by atoms with Gasteiger partial charge in [0.25, 0.3) is 0 Å². The third-order valence-electron chi connectivity index (χ3n) is 1.45. The zero-order valence-corrected chi connectivity index (χ0v) is 7.41. The van der Waals surface area contributed by atoms with Crippen LogP contribution in [0.5, 0.6) is 0 Å². The molecule has 0 saturated carbocycles. The second-order valence-electron chi connectivity index (χ2n) is 2.77. The fourth-order valence-corrected chi connectivity index (χ4v) is 0.904. The molecule has 0 spiro atoms. The first-order chi connectivity index (χ1) is 6.38. The van der Waals surface area contributed by atoms with Crippen molar-refractivity contribution in [2.75, 3.05) is 24.2 Å². The number of nitrogen functional groups attached to an aromatic ring is 1. The second-order valence-corrected chi connectivity index (χ2v) is 2.77. The summed E-state index contributed by atoms with van der Waals surface area (Å²) in [4.78, 5) is 8.27. The zero-order chi connectivity index (χ0) is 10.8. The van der Waals surface area contributed by atoms with Crippen molar-refractivity contribution >= 4 is 11.6 Å². The van der Waals surface area contributed by atoms with Crippen LogP contribution in [0, 0.1) is 0 Å². The Labute approximate surface area is 78.6 Å². The molecule has 0 unspecified atom stereocenters. The maximum Gasteiger partial charge on any atom is 0.405 e. The molecule has 4 nitrogen and oxygen atoms in total. The Bertz CT molecular complexity index is 312. The summed E-state index contributed by atoms with van der Waals surface area (Å²) in [7, 11) is 1.27. The molecular formula is C7H9F3N4. The van der Waals surface area contributed by atoms with E-state index in [1.165, 1.54) is 19.4 Å². The molecule has 78 valence electrons. The Morgan fingerprint density at radius 1 is 1.43 bits per heavy atom. The second kappa shape index (κ2) is 3.69. The van der Waals surface area contributed by atoms with Gasteiger partial charge in [-0.1, -0.05) is 0 Å². The number of aromatic nitrogens is 2. The molecule has 0 aliphatic rings. The van der Waals surface area contributed by atoms with Crippen molar-refractivity contribution in [1.82, 2.24) is 9.97 Å². The Morgan fingerprint density at radius 2 is 2.07 bits per heavy atom. The largest absolute Gasteiger partial charge is 0.405 e. The van der Waals surface area contributed by atoms with E-state index in [1.807, 2.05) is 0 Å². The highest BCUT2D eigenvalue weighted by molar-refractivity contribution is 5.40. The highest BCUT2D eigenvalue weighted by atomic mass is 19.4. The predicted octanol–water partition coefficient (Wildman–Crippen LogP) is 1.06. The Hall–Kier alpha value is -1.53. The van der Waals surface area contributed by atoms with Gasteiger partial charge in [-0.15, -0.1) is 0 Å². The van der Waals surface area contributed by atoms with E-state index in [0.717, 1.165) is 4.90 Å². The van der Waals surface area contributed by atoms with Crippen molar-refractivity contribution in [1.29, 1.82) is 0 Å². The molecule has 1 aromatic heterocycles. The number of alkyl halides is 3. The molecule has 7 heteroatoms. The SMILES string of the molecule is CN(CC(F)(F)F)c1cncc(N)n1. The van der Waals surface area contributed by atoms with Crippen LogP contribution in [0.4, 0.5) is 24.8 Å². The lowest BCUT2D eigenvalue weighted by Crippen LogP contribution is -2.31. The normalized spacial score (nSPS) is 11.4. The quantitative estimate of drug-likeness (QED) is 0.786. The monoisotopic (exact) mass is 206 g/mol. The van der Waals surface area contributed by atoms with Gasteiger partial charge in [-0.2, -0.15) is 13.2 Å². The molecule has 0 aromatic carbocycles. The lowest BCUT2D eigenvalue weighted by atomic mass is 10.5. The van der Waals surface area contributed by atoms with E-state index in [9.17, 15) is 13.2 Å². The molecule has 0 amide bonds. The molecule has 0 atom stereocenters. The summed E-state index contributed by atoms with van der Waals surface area (Å²) in [6.07, 6.45) is -1.77. The minimum atomic E-state index is -4.26. The van der Waals surface area contributed by atoms with Crippen LogP contribution in [0.25, 0.3) is 0 Å². The van der Waals surface area contributed by atoms with Crippen LogP contribution >= 0.6 is 0 Å². The minimum Gasteiger partial charge on any atom is -0.382 e. The third-order valence-corrected chi connectivity index (χ3v) is 1.45. The zero-order valence-electron chi connectivity index (χ0n) is 7.41. The Kier molecular flexibility index (Phi) is 2.78. The van der Waals surface area contributed by atoms with Crippen molar-refractivity contribution in [2.24, 2.45) is 0 Å². The first-order valence-electron chi connectivity index (χ1n) is 3.74. The summed E-state index contributed by atoms with van der Waals surface area (Å²) in [6, 6.07) is 0. The number of nitrogens with zero attached hydrogens (tertiary/aromatic N) is 3. The lowest BCUT2D eigenvalue weighted by molar-refractivity contribution is -0.119. The van der Waals surface area contributed by atoms with E-state index in [-0.39, 0.29) is 11.6 Å². The predicted molar refractivity (Wildman–Crippen MR) is 45.8 cm³/mol. The van der Waals surface area contributed by atoms with E-state index in [2.05, 4.69) is 9.97 Å².